The predicted octanol–water partition coefficient (Wildman–Crippen LogP) is 4.28. The number of rotatable bonds is 2. The van der Waals surface area contributed by atoms with Crippen LogP contribution < -0.4 is 0 Å². The normalized spacial score (nSPS) is 22.0. The molecule has 0 saturated carbocycles. The molecule has 0 spiro atoms. The van der Waals surface area contributed by atoms with Crippen molar-refractivity contribution in [3.63, 3.8) is 0 Å². The molecule has 35 heavy (non-hydrogen) atoms. The largest absolute Gasteiger partial charge is 0.386 e. The molecular weight excluding hydrogens is 462 g/mol. The van der Waals surface area contributed by atoms with E-state index in [0.29, 0.717) is 23.0 Å². The minimum absolute atomic E-state index is 0. The third kappa shape index (κ3) is 3.06. The molecule has 4 aromatic rings. The Kier molecular flexibility index (Phi) is 4.95. The first-order chi connectivity index (χ1) is 16.5. The zero-order valence-corrected chi connectivity index (χ0v) is 20.5. The smallest absolute Gasteiger partial charge is 0.347 e. The van der Waals surface area contributed by atoms with Gasteiger partial charge in [-0.2, -0.15) is 0 Å². The number of halogens is 1. The van der Waals surface area contributed by atoms with Crippen LogP contribution in [0, 0.1) is 11.8 Å². The van der Waals surface area contributed by atoms with E-state index in [0.717, 1.165) is 64.7 Å². The maximum atomic E-state index is 13.3. The van der Waals surface area contributed by atoms with Gasteiger partial charge >= 0.3 is 11.9 Å². The number of aryl methyl sites for hydroxylation is 1. The Morgan fingerprint density at radius 3 is 2.26 bits per heavy atom. The van der Waals surface area contributed by atoms with Crippen molar-refractivity contribution >= 4 is 57.3 Å². The van der Waals surface area contributed by atoms with E-state index in [9.17, 15) is 9.59 Å². The molecule has 7 rings (SSSR count). The van der Waals surface area contributed by atoms with E-state index in [2.05, 4.69) is 28.6 Å². The highest BCUT2D eigenvalue weighted by Crippen LogP contribution is 2.45. The highest BCUT2D eigenvalue weighted by molar-refractivity contribution is 6.47. The van der Waals surface area contributed by atoms with Gasteiger partial charge in [0.05, 0.1) is 11.1 Å². The summed E-state index contributed by atoms with van der Waals surface area (Å²) in [6.07, 6.45) is 2.83. The van der Waals surface area contributed by atoms with Crippen molar-refractivity contribution in [1.29, 1.82) is 0 Å². The number of hydrogen-bond acceptors (Lipinski definition) is 4. The number of aromatic nitrogens is 2. The van der Waals surface area contributed by atoms with Gasteiger partial charge in [0.15, 0.2) is 0 Å². The van der Waals surface area contributed by atoms with E-state index in [4.69, 9.17) is 4.74 Å². The first-order valence-corrected chi connectivity index (χ1v) is 11.9. The van der Waals surface area contributed by atoms with Gasteiger partial charge in [-0.15, -0.1) is 12.4 Å². The molecule has 178 valence electrons. The summed E-state index contributed by atoms with van der Waals surface area (Å²) in [6.45, 7) is 3.09. The number of esters is 2. The van der Waals surface area contributed by atoms with Gasteiger partial charge < -0.3 is 18.8 Å². The molecular formula is C28H26ClN3O3. The van der Waals surface area contributed by atoms with Crippen molar-refractivity contribution in [2.24, 2.45) is 18.9 Å². The highest BCUT2D eigenvalue weighted by Gasteiger charge is 2.42. The lowest BCUT2D eigenvalue weighted by atomic mass is 9.85. The van der Waals surface area contributed by atoms with Crippen LogP contribution in [0.5, 0.6) is 0 Å². The van der Waals surface area contributed by atoms with Crippen molar-refractivity contribution in [3.05, 3.63) is 71.5 Å². The molecule has 3 aliphatic rings. The second-order valence-electron chi connectivity index (χ2n) is 9.99. The number of hydrogen-bond donors (Lipinski definition) is 0. The summed E-state index contributed by atoms with van der Waals surface area (Å²) in [5.41, 5.74) is 5.71. The minimum Gasteiger partial charge on any atom is -0.386 e. The lowest BCUT2D eigenvalue weighted by Gasteiger charge is -2.28. The maximum Gasteiger partial charge on any atom is 0.347 e. The summed E-state index contributed by atoms with van der Waals surface area (Å²) in [5.74, 6) is 0.0487. The Balaban J connectivity index is 0.00000229. The quantitative estimate of drug-likeness (QED) is 0.313. The fourth-order valence-electron chi connectivity index (χ4n) is 6.55. The maximum absolute atomic E-state index is 13.3. The van der Waals surface area contributed by atoms with Crippen molar-refractivity contribution in [2.45, 2.75) is 13.0 Å². The molecule has 0 amide bonds. The molecule has 2 atom stereocenters. The first-order valence-electron chi connectivity index (χ1n) is 11.9. The number of cyclic esters (lactones) is 2. The summed E-state index contributed by atoms with van der Waals surface area (Å²) < 4.78 is 9.67. The molecule has 2 aromatic carbocycles. The Morgan fingerprint density at radius 2 is 1.46 bits per heavy atom. The number of fused-ring (bicyclic) bond motifs is 5. The second kappa shape index (κ2) is 7.83. The summed E-state index contributed by atoms with van der Waals surface area (Å²) in [5, 5.41) is 1.96. The first kappa shape index (κ1) is 22.1. The summed E-state index contributed by atoms with van der Waals surface area (Å²) >= 11 is 0. The lowest BCUT2D eigenvalue weighted by Crippen LogP contribution is -2.28. The van der Waals surface area contributed by atoms with Crippen LogP contribution >= 0.6 is 12.4 Å². The van der Waals surface area contributed by atoms with Crippen LogP contribution in [-0.4, -0.2) is 46.1 Å². The van der Waals surface area contributed by atoms with Gasteiger partial charge in [0.2, 0.25) is 0 Å². The Labute approximate surface area is 209 Å². The monoisotopic (exact) mass is 487 g/mol. The fourth-order valence-corrected chi connectivity index (χ4v) is 6.55. The molecule has 2 aromatic heterocycles. The van der Waals surface area contributed by atoms with E-state index in [1.54, 1.807) is 0 Å². The molecule has 6 nitrogen and oxygen atoms in total. The number of likely N-dealkylation sites (tertiary alicyclic amines) is 1. The molecule has 0 radical (unpaired) electrons. The number of para-hydroxylation sites is 2. The number of ether oxygens (including phenoxy) is 1. The van der Waals surface area contributed by atoms with Crippen LogP contribution in [0.1, 0.15) is 16.8 Å². The predicted molar refractivity (Wildman–Crippen MR) is 138 cm³/mol. The number of carbonyl (C=O) groups is 2. The molecule has 5 heterocycles. The topological polar surface area (TPSA) is 56.5 Å². The van der Waals surface area contributed by atoms with Crippen molar-refractivity contribution in [1.82, 2.24) is 14.0 Å². The molecule has 0 unspecified atom stereocenters. The van der Waals surface area contributed by atoms with Crippen LogP contribution in [0.15, 0.2) is 54.7 Å². The standard InChI is InChI=1S/C28H25N3O3.ClH/c1-29-12-16-11-23-24(19-8-4-6-10-22(19)31(23)14-17(16)13-29)26-25(27(32)34-28(26)33)20-15-30(2)21-9-5-3-7-18(20)21;/h3-10,15-17H,11-14H2,1-2H3;1H/t16-,17-;/m1./s1. The third-order valence-corrected chi connectivity index (χ3v) is 7.97. The second-order valence-corrected chi connectivity index (χ2v) is 9.99. The Hall–Kier alpha value is -3.35. The third-order valence-electron chi connectivity index (χ3n) is 7.97. The number of carbonyl (C=O) groups excluding carboxylic acids is 2. The average molecular weight is 488 g/mol. The number of nitrogens with zero attached hydrogens (tertiary/aromatic N) is 3. The van der Waals surface area contributed by atoms with Crippen molar-refractivity contribution in [3.8, 4) is 0 Å². The molecule has 7 heteroatoms. The van der Waals surface area contributed by atoms with Gasteiger partial charge in [-0.3, -0.25) is 0 Å². The fraction of sp³-hybridized carbons (Fsp3) is 0.286. The van der Waals surface area contributed by atoms with Gasteiger partial charge in [0.25, 0.3) is 0 Å². The Bertz CT molecular complexity index is 1580. The van der Waals surface area contributed by atoms with Gasteiger partial charge in [-0.05, 0) is 37.4 Å². The minimum atomic E-state index is -0.560. The van der Waals surface area contributed by atoms with Gasteiger partial charge in [-0.1, -0.05) is 36.4 Å². The van der Waals surface area contributed by atoms with Crippen LogP contribution in [0.3, 0.4) is 0 Å². The molecule has 1 saturated heterocycles. The molecule has 0 N–H and O–H groups in total. The zero-order chi connectivity index (χ0) is 23.1. The van der Waals surface area contributed by atoms with E-state index in [1.165, 1.54) is 0 Å². The average Bonchev–Trinajstić information content (AvgIpc) is 3.53. The van der Waals surface area contributed by atoms with Crippen LogP contribution in [0.4, 0.5) is 0 Å². The summed E-state index contributed by atoms with van der Waals surface area (Å²) in [6, 6.07) is 16.2. The molecule has 0 bridgehead atoms. The zero-order valence-electron chi connectivity index (χ0n) is 19.7. The highest BCUT2D eigenvalue weighted by atomic mass is 35.5. The van der Waals surface area contributed by atoms with Crippen LogP contribution in [-0.2, 0) is 34.3 Å². The van der Waals surface area contributed by atoms with Gasteiger partial charge in [0.1, 0.15) is 0 Å². The van der Waals surface area contributed by atoms with E-state index >= 15 is 0 Å². The molecule has 1 fully saturated rings. The van der Waals surface area contributed by atoms with Crippen molar-refractivity contribution in [2.75, 3.05) is 20.1 Å². The van der Waals surface area contributed by atoms with Crippen molar-refractivity contribution < 1.29 is 14.3 Å². The molecule has 3 aliphatic heterocycles. The lowest BCUT2D eigenvalue weighted by molar-refractivity contribution is -0.149. The SMILES string of the molecule is CN1C[C@H]2Cc3c(C4=C(c5cn(C)c6ccccc56)C(=O)OC4=O)c4ccccc4n3C[C@H]2C1.Cl. The van der Waals surface area contributed by atoms with Gasteiger partial charge in [-0.25, -0.2) is 9.59 Å². The van der Waals surface area contributed by atoms with Gasteiger partial charge in [0, 0.05) is 71.5 Å². The number of benzene rings is 2. The van der Waals surface area contributed by atoms with E-state index in [-0.39, 0.29) is 12.4 Å². The summed E-state index contributed by atoms with van der Waals surface area (Å²) in [4.78, 5) is 28.8. The van der Waals surface area contributed by atoms with Crippen LogP contribution in [0.2, 0.25) is 0 Å². The Morgan fingerprint density at radius 1 is 0.800 bits per heavy atom. The van der Waals surface area contributed by atoms with E-state index in [1.807, 2.05) is 54.2 Å². The van der Waals surface area contributed by atoms with Crippen LogP contribution in [0.25, 0.3) is 33.0 Å². The van der Waals surface area contributed by atoms with E-state index < -0.39 is 11.9 Å². The summed E-state index contributed by atoms with van der Waals surface area (Å²) in [7, 11) is 4.14. The molecule has 0 aliphatic carbocycles.